The van der Waals surface area contributed by atoms with E-state index in [0.717, 1.165) is 6.07 Å². The van der Waals surface area contributed by atoms with Gasteiger partial charge < -0.3 is 5.11 Å². The molecular weight excluding hydrogens is 222 g/mol. The maximum absolute atomic E-state index is 10.3. The Morgan fingerprint density at radius 3 is 2.67 bits per heavy atom. The highest BCUT2D eigenvalue weighted by atomic mass is 35.5. The summed E-state index contributed by atoms with van der Waals surface area (Å²) in [5.41, 5.74) is 0.0746. The summed E-state index contributed by atoms with van der Waals surface area (Å²) in [5.74, 6) is 2.85. The normalized spacial score (nSPS) is 8.87. The first kappa shape index (κ1) is 11.0. The second-order valence-corrected chi connectivity index (χ2v) is 2.88. The lowest BCUT2D eigenvalue weighted by Crippen LogP contribution is -1.90. The summed E-state index contributed by atoms with van der Waals surface area (Å²) < 4.78 is 0. The Kier molecular flexibility index (Phi) is 3.26. The van der Waals surface area contributed by atoms with E-state index in [1.807, 2.05) is 5.92 Å². The van der Waals surface area contributed by atoms with Crippen molar-refractivity contribution in [1.29, 1.82) is 0 Å². The lowest BCUT2D eigenvalue weighted by Gasteiger charge is -1.95. The lowest BCUT2D eigenvalue weighted by molar-refractivity contribution is -0.384. The molecular formula is C9H4ClNO4. The van der Waals surface area contributed by atoms with Crippen molar-refractivity contribution in [3.63, 3.8) is 0 Å². The van der Waals surface area contributed by atoms with E-state index in [4.69, 9.17) is 16.7 Å². The monoisotopic (exact) mass is 225 g/mol. The van der Waals surface area contributed by atoms with E-state index >= 15 is 0 Å². The summed E-state index contributed by atoms with van der Waals surface area (Å²) in [7, 11) is 0. The Balaban J connectivity index is 3.10. The fourth-order valence-corrected chi connectivity index (χ4v) is 1.06. The molecule has 0 spiro atoms. The average Bonchev–Trinajstić information content (AvgIpc) is 2.15. The molecule has 0 amide bonds. The number of hydrogen-bond donors (Lipinski definition) is 1. The van der Waals surface area contributed by atoms with E-state index in [2.05, 4.69) is 5.92 Å². The van der Waals surface area contributed by atoms with Crippen molar-refractivity contribution >= 4 is 23.3 Å². The van der Waals surface area contributed by atoms with Crippen molar-refractivity contribution in [2.75, 3.05) is 0 Å². The molecule has 0 saturated heterocycles. The molecule has 0 atom stereocenters. The number of halogens is 1. The van der Waals surface area contributed by atoms with Gasteiger partial charge in [0.1, 0.15) is 0 Å². The van der Waals surface area contributed by atoms with Gasteiger partial charge in [0, 0.05) is 23.6 Å². The molecule has 1 aromatic rings. The zero-order chi connectivity index (χ0) is 11.4. The van der Waals surface area contributed by atoms with Gasteiger partial charge in [-0.25, -0.2) is 4.79 Å². The first-order valence-corrected chi connectivity index (χ1v) is 4.07. The van der Waals surface area contributed by atoms with Gasteiger partial charge in [-0.2, -0.15) is 0 Å². The lowest BCUT2D eigenvalue weighted by atomic mass is 10.2. The van der Waals surface area contributed by atoms with E-state index in [9.17, 15) is 14.9 Å². The number of rotatable bonds is 1. The minimum Gasteiger partial charge on any atom is -0.472 e. The van der Waals surface area contributed by atoms with E-state index in [1.165, 1.54) is 12.1 Å². The van der Waals surface area contributed by atoms with Crippen LogP contribution < -0.4 is 0 Å². The number of hydrogen-bond acceptors (Lipinski definition) is 3. The molecule has 5 nitrogen and oxygen atoms in total. The number of nitrogens with zero attached hydrogens (tertiary/aromatic N) is 1. The zero-order valence-electron chi connectivity index (χ0n) is 7.23. The number of nitro groups is 1. The molecule has 15 heavy (non-hydrogen) atoms. The van der Waals surface area contributed by atoms with Crippen LogP contribution in [0.4, 0.5) is 5.69 Å². The van der Waals surface area contributed by atoms with Gasteiger partial charge in [-0.05, 0) is 6.07 Å². The molecule has 0 unspecified atom stereocenters. The van der Waals surface area contributed by atoms with Crippen molar-refractivity contribution in [1.82, 2.24) is 0 Å². The topological polar surface area (TPSA) is 80.4 Å². The summed E-state index contributed by atoms with van der Waals surface area (Å²) in [5, 5.41) is 18.7. The quantitative estimate of drug-likeness (QED) is 0.448. The molecule has 1 rings (SSSR count). The molecule has 1 aromatic carbocycles. The molecule has 1 N–H and O–H groups in total. The summed E-state index contributed by atoms with van der Waals surface area (Å²) >= 11 is 5.66. The van der Waals surface area contributed by atoms with E-state index < -0.39 is 10.9 Å². The van der Waals surface area contributed by atoms with Crippen LogP contribution in [0.1, 0.15) is 5.56 Å². The van der Waals surface area contributed by atoms with Gasteiger partial charge in [-0.15, -0.1) is 0 Å². The predicted molar refractivity (Wildman–Crippen MR) is 52.6 cm³/mol. The predicted octanol–water partition coefficient (Wildman–Crippen LogP) is 1.68. The van der Waals surface area contributed by atoms with Gasteiger partial charge in [0.05, 0.1) is 9.95 Å². The molecule has 0 radical (unpaired) electrons. The Morgan fingerprint density at radius 1 is 1.53 bits per heavy atom. The number of carboxylic acid groups (broad SMARTS) is 1. The molecule has 0 aliphatic rings. The van der Waals surface area contributed by atoms with E-state index in [-0.39, 0.29) is 16.3 Å². The largest absolute Gasteiger partial charge is 0.472 e. The average molecular weight is 226 g/mol. The molecule has 0 fully saturated rings. The van der Waals surface area contributed by atoms with Crippen LogP contribution in [0.5, 0.6) is 0 Å². The standard InChI is InChI=1S/C9H4ClNO4/c10-8-5-7(11(14)15)3-1-6(8)2-4-9(12)13/h1,3,5H,(H,12,13). The molecule has 0 heterocycles. The molecule has 6 heteroatoms. The minimum absolute atomic E-state index is 0.0537. The highest BCUT2D eigenvalue weighted by molar-refractivity contribution is 6.32. The highest BCUT2D eigenvalue weighted by Crippen LogP contribution is 2.21. The van der Waals surface area contributed by atoms with Gasteiger partial charge in [0.15, 0.2) is 0 Å². The Bertz CT molecular complexity index is 487. The smallest absolute Gasteiger partial charge is 0.382 e. The van der Waals surface area contributed by atoms with E-state index in [1.54, 1.807) is 0 Å². The molecule has 76 valence electrons. The minimum atomic E-state index is -1.29. The van der Waals surface area contributed by atoms with Crippen molar-refractivity contribution in [2.24, 2.45) is 0 Å². The van der Waals surface area contributed by atoms with Crippen LogP contribution in [0.3, 0.4) is 0 Å². The van der Waals surface area contributed by atoms with Gasteiger partial charge in [-0.3, -0.25) is 10.1 Å². The van der Waals surface area contributed by atoms with Gasteiger partial charge >= 0.3 is 5.97 Å². The van der Waals surface area contributed by atoms with Crippen molar-refractivity contribution in [3.05, 3.63) is 38.9 Å². The van der Waals surface area contributed by atoms with Crippen LogP contribution in [-0.2, 0) is 4.79 Å². The third-order valence-corrected chi connectivity index (χ3v) is 1.78. The Morgan fingerprint density at radius 2 is 2.20 bits per heavy atom. The number of nitro benzene ring substituents is 1. The fraction of sp³-hybridized carbons (Fsp3) is 0. The fourth-order valence-electron chi connectivity index (χ4n) is 0.840. The highest BCUT2D eigenvalue weighted by Gasteiger charge is 2.07. The third kappa shape index (κ3) is 2.97. The summed E-state index contributed by atoms with van der Waals surface area (Å²) in [6.07, 6.45) is 0. The summed E-state index contributed by atoms with van der Waals surface area (Å²) in [4.78, 5) is 19.9. The van der Waals surface area contributed by atoms with E-state index in [0.29, 0.717) is 0 Å². The second-order valence-electron chi connectivity index (χ2n) is 2.48. The number of aliphatic carboxylic acids is 1. The van der Waals surface area contributed by atoms with Crippen LogP contribution >= 0.6 is 11.6 Å². The molecule has 0 aromatic heterocycles. The molecule has 0 bridgehead atoms. The van der Waals surface area contributed by atoms with Crippen LogP contribution in [-0.4, -0.2) is 16.0 Å². The first-order valence-electron chi connectivity index (χ1n) is 3.69. The van der Waals surface area contributed by atoms with Crippen molar-refractivity contribution in [3.8, 4) is 11.8 Å². The first-order chi connectivity index (χ1) is 7.00. The van der Waals surface area contributed by atoms with Crippen molar-refractivity contribution < 1.29 is 14.8 Å². The van der Waals surface area contributed by atoms with Crippen LogP contribution in [0.2, 0.25) is 5.02 Å². The van der Waals surface area contributed by atoms with Crippen LogP contribution in [0, 0.1) is 22.0 Å². The van der Waals surface area contributed by atoms with Crippen molar-refractivity contribution in [2.45, 2.75) is 0 Å². The second kappa shape index (κ2) is 4.44. The number of non-ortho nitro benzene ring substituents is 1. The SMILES string of the molecule is O=C(O)C#Cc1ccc([N+](=O)[O-])cc1Cl. The number of carboxylic acids is 1. The van der Waals surface area contributed by atoms with Gasteiger partial charge in [0.2, 0.25) is 0 Å². The maximum Gasteiger partial charge on any atom is 0.382 e. The molecule has 0 saturated carbocycles. The Labute approximate surface area is 89.4 Å². The number of benzene rings is 1. The third-order valence-electron chi connectivity index (χ3n) is 1.47. The summed E-state index contributed by atoms with van der Waals surface area (Å²) in [6, 6.07) is 3.63. The molecule has 0 aliphatic carbocycles. The number of carbonyl (C=O) groups is 1. The van der Waals surface area contributed by atoms with Gasteiger partial charge in [0.25, 0.3) is 5.69 Å². The van der Waals surface area contributed by atoms with Gasteiger partial charge in [-0.1, -0.05) is 17.5 Å². The summed E-state index contributed by atoms with van der Waals surface area (Å²) in [6.45, 7) is 0. The van der Waals surface area contributed by atoms with Crippen LogP contribution in [0.15, 0.2) is 18.2 Å². The maximum atomic E-state index is 10.3. The van der Waals surface area contributed by atoms with Crippen LogP contribution in [0.25, 0.3) is 0 Å². The zero-order valence-corrected chi connectivity index (χ0v) is 7.99. The molecule has 0 aliphatic heterocycles. The Hall–Kier alpha value is -2.06.